The van der Waals surface area contributed by atoms with Gasteiger partial charge in [0.1, 0.15) is 0 Å². The first-order valence-corrected chi connectivity index (χ1v) is 6.61. The summed E-state index contributed by atoms with van der Waals surface area (Å²) in [5.41, 5.74) is 0.528. The van der Waals surface area contributed by atoms with Gasteiger partial charge in [0.15, 0.2) is 0 Å². The van der Waals surface area contributed by atoms with Gasteiger partial charge >= 0.3 is 0 Å². The monoisotopic (exact) mass is 303 g/mol. The number of hydrogen-bond donors (Lipinski definition) is 1. The second-order valence-corrected chi connectivity index (χ2v) is 5.28. The average Bonchev–Trinajstić information content (AvgIpc) is 2.27. The van der Waals surface area contributed by atoms with E-state index in [1.165, 1.54) is 0 Å². The maximum atomic E-state index is 11.8. The van der Waals surface area contributed by atoms with Crippen LogP contribution >= 0.6 is 27.5 Å². The van der Waals surface area contributed by atoms with Gasteiger partial charge in [-0.1, -0.05) is 53.0 Å². The summed E-state index contributed by atoms with van der Waals surface area (Å²) < 4.78 is 0. The molecule has 1 unspecified atom stereocenters. The molecule has 1 atom stereocenters. The van der Waals surface area contributed by atoms with Crippen molar-refractivity contribution < 1.29 is 4.79 Å². The number of rotatable bonds is 5. The molecule has 0 spiro atoms. The Bertz CT molecular complexity index is 357. The number of carbonyl (C=O) groups is 1. The third-order valence-corrected chi connectivity index (χ3v) is 3.32. The molecule has 0 aliphatic rings. The lowest BCUT2D eigenvalue weighted by Gasteiger charge is -2.10. The van der Waals surface area contributed by atoms with Gasteiger partial charge in [0, 0.05) is 11.4 Å². The van der Waals surface area contributed by atoms with E-state index in [0.717, 1.165) is 12.8 Å². The predicted molar refractivity (Wildman–Crippen MR) is 71.4 cm³/mol. The van der Waals surface area contributed by atoms with Gasteiger partial charge in [-0.2, -0.15) is 0 Å². The second kappa shape index (κ2) is 6.92. The molecule has 1 aromatic carbocycles. The van der Waals surface area contributed by atoms with Crippen LogP contribution in [0, 0.1) is 0 Å². The fourth-order valence-electron chi connectivity index (χ4n) is 1.36. The molecule has 2 nitrogen and oxygen atoms in total. The lowest BCUT2D eigenvalue weighted by molar-refractivity contribution is 0.0954. The van der Waals surface area contributed by atoms with Crippen LogP contribution in [0.2, 0.25) is 5.02 Å². The van der Waals surface area contributed by atoms with E-state index < -0.39 is 0 Å². The maximum absolute atomic E-state index is 11.8. The summed E-state index contributed by atoms with van der Waals surface area (Å²) in [6.45, 7) is 2.74. The fourth-order valence-corrected chi connectivity index (χ4v) is 2.20. The molecule has 4 heteroatoms. The summed E-state index contributed by atoms with van der Waals surface area (Å²) >= 11 is 9.43. The van der Waals surface area contributed by atoms with Crippen molar-refractivity contribution in [3.63, 3.8) is 0 Å². The molecular formula is C12H15BrClNO. The normalized spacial score (nSPS) is 12.2. The highest BCUT2D eigenvalue weighted by atomic mass is 79.9. The van der Waals surface area contributed by atoms with Crippen LogP contribution in [-0.2, 0) is 0 Å². The van der Waals surface area contributed by atoms with Crippen LogP contribution in [0.15, 0.2) is 24.3 Å². The highest BCUT2D eigenvalue weighted by Gasteiger charge is 2.10. The van der Waals surface area contributed by atoms with E-state index in [1.807, 2.05) is 6.07 Å². The Morgan fingerprint density at radius 3 is 2.81 bits per heavy atom. The van der Waals surface area contributed by atoms with E-state index in [4.69, 9.17) is 11.6 Å². The third kappa shape index (κ3) is 4.14. The smallest absolute Gasteiger partial charge is 0.252 e. The van der Waals surface area contributed by atoms with E-state index in [2.05, 4.69) is 28.2 Å². The highest BCUT2D eigenvalue weighted by molar-refractivity contribution is 9.09. The van der Waals surface area contributed by atoms with Gasteiger partial charge in [-0.3, -0.25) is 4.79 Å². The lowest BCUT2D eigenvalue weighted by atomic mass is 10.2. The summed E-state index contributed by atoms with van der Waals surface area (Å²) in [6.07, 6.45) is 2.14. The molecule has 1 amide bonds. The molecule has 1 rings (SSSR count). The lowest BCUT2D eigenvalue weighted by Crippen LogP contribution is -2.29. The molecule has 16 heavy (non-hydrogen) atoms. The van der Waals surface area contributed by atoms with Crippen LogP contribution in [0.1, 0.15) is 30.1 Å². The van der Waals surface area contributed by atoms with Gasteiger partial charge in [-0.15, -0.1) is 0 Å². The summed E-state index contributed by atoms with van der Waals surface area (Å²) in [5.74, 6) is -0.119. The number of amides is 1. The Morgan fingerprint density at radius 1 is 1.50 bits per heavy atom. The number of benzene rings is 1. The van der Waals surface area contributed by atoms with Crippen molar-refractivity contribution in [1.29, 1.82) is 0 Å². The molecule has 0 bridgehead atoms. The first-order valence-electron chi connectivity index (χ1n) is 5.32. The molecule has 1 aromatic rings. The Hall–Kier alpha value is -0.540. The first-order chi connectivity index (χ1) is 7.65. The highest BCUT2D eigenvalue weighted by Crippen LogP contribution is 2.14. The molecule has 0 fully saturated rings. The maximum Gasteiger partial charge on any atom is 0.252 e. The van der Waals surface area contributed by atoms with E-state index in [0.29, 0.717) is 22.0 Å². The van der Waals surface area contributed by atoms with Crippen LogP contribution in [-0.4, -0.2) is 17.3 Å². The van der Waals surface area contributed by atoms with Gasteiger partial charge in [0.25, 0.3) is 5.91 Å². The number of alkyl halides is 1. The minimum absolute atomic E-state index is 0.119. The Balaban J connectivity index is 2.50. The van der Waals surface area contributed by atoms with Gasteiger partial charge in [-0.05, 0) is 18.6 Å². The number of halogens is 2. The molecule has 1 N–H and O–H groups in total. The Labute approximate surface area is 110 Å². The summed E-state index contributed by atoms with van der Waals surface area (Å²) in [4.78, 5) is 12.1. The Morgan fingerprint density at radius 2 is 2.19 bits per heavy atom. The predicted octanol–water partition coefficient (Wildman–Crippen LogP) is 3.63. The Kier molecular flexibility index (Phi) is 5.85. The quantitative estimate of drug-likeness (QED) is 0.827. The van der Waals surface area contributed by atoms with E-state index in [1.54, 1.807) is 18.2 Å². The van der Waals surface area contributed by atoms with Crippen molar-refractivity contribution in [1.82, 2.24) is 5.32 Å². The van der Waals surface area contributed by atoms with E-state index in [-0.39, 0.29) is 5.91 Å². The number of nitrogens with one attached hydrogen (secondary N) is 1. The average molecular weight is 305 g/mol. The summed E-state index contributed by atoms with van der Waals surface area (Å²) in [6, 6.07) is 7.05. The van der Waals surface area contributed by atoms with Gasteiger partial charge in [-0.25, -0.2) is 0 Å². The van der Waals surface area contributed by atoms with E-state index >= 15 is 0 Å². The standard InChI is InChI=1S/C12H15BrClNO/c1-2-5-9(13)8-15-12(16)10-6-3-4-7-11(10)14/h3-4,6-7,9H,2,5,8H2,1H3,(H,15,16). The van der Waals surface area contributed by atoms with Crippen molar-refractivity contribution >= 4 is 33.4 Å². The van der Waals surface area contributed by atoms with Gasteiger partial charge in [0.2, 0.25) is 0 Å². The molecule has 0 aliphatic carbocycles. The SMILES string of the molecule is CCCC(Br)CNC(=O)c1ccccc1Cl. The molecule has 0 saturated carbocycles. The van der Waals surface area contributed by atoms with Crippen LogP contribution in [0.4, 0.5) is 0 Å². The fraction of sp³-hybridized carbons (Fsp3) is 0.417. The molecule has 0 aromatic heterocycles. The van der Waals surface area contributed by atoms with Crippen LogP contribution in [0.25, 0.3) is 0 Å². The van der Waals surface area contributed by atoms with Crippen LogP contribution < -0.4 is 5.32 Å². The molecular weight excluding hydrogens is 289 g/mol. The molecule has 0 aliphatic heterocycles. The molecule has 0 saturated heterocycles. The zero-order valence-corrected chi connectivity index (χ0v) is 11.5. The first kappa shape index (κ1) is 13.5. The van der Waals surface area contributed by atoms with Crippen molar-refractivity contribution in [2.24, 2.45) is 0 Å². The van der Waals surface area contributed by atoms with Crippen molar-refractivity contribution in [2.45, 2.75) is 24.6 Å². The number of carbonyl (C=O) groups excluding carboxylic acids is 1. The topological polar surface area (TPSA) is 29.1 Å². The molecule has 0 radical (unpaired) electrons. The van der Waals surface area contributed by atoms with Crippen molar-refractivity contribution in [2.75, 3.05) is 6.54 Å². The van der Waals surface area contributed by atoms with Gasteiger partial charge in [0.05, 0.1) is 10.6 Å². The second-order valence-electron chi connectivity index (χ2n) is 3.58. The molecule has 88 valence electrons. The zero-order valence-electron chi connectivity index (χ0n) is 9.17. The van der Waals surface area contributed by atoms with Crippen molar-refractivity contribution in [3.05, 3.63) is 34.9 Å². The summed E-state index contributed by atoms with van der Waals surface area (Å²) in [7, 11) is 0. The largest absolute Gasteiger partial charge is 0.351 e. The minimum Gasteiger partial charge on any atom is -0.351 e. The zero-order chi connectivity index (χ0) is 12.0. The van der Waals surface area contributed by atoms with Crippen LogP contribution in [0.5, 0.6) is 0 Å². The minimum atomic E-state index is -0.119. The van der Waals surface area contributed by atoms with E-state index in [9.17, 15) is 4.79 Å². The van der Waals surface area contributed by atoms with Crippen LogP contribution in [0.3, 0.4) is 0 Å². The number of hydrogen-bond acceptors (Lipinski definition) is 1. The third-order valence-electron chi connectivity index (χ3n) is 2.20. The summed E-state index contributed by atoms with van der Waals surface area (Å²) in [5, 5.41) is 3.34. The van der Waals surface area contributed by atoms with Crippen molar-refractivity contribution in [3.8, 4) is 0 Å². The van der Waals surface area contributed by atoms with Gasteiger partial charge < -0.3 is 5.32 Å². The molecule has 0 heterocycles.